The fraction of sp³-hybridized carbons (Fsp3) is 0.562. The summed E-state index contributed by atoms with van der Waals surface area (Å²) in [4.78, 5) is 36.5. The minimum atomic E-state index is -5.13. The van der Waals surface area contributed by atoms with Crippen LogP contribution < -0.4 is 11.2 Å². The molecular weight excluding hydrogens is 373 g/mol. The number of esters is 1. The number of hydrogen-bond acceptors (Lipinski definition) is 6. The summed E-state index contributed by atoms with van der Waals surface area (Å²) < 4.78 is 53.3. The van der Waals surface area contributed by atoms with Crippen molar-refractivity contribution < 1.29 is 32.2 Å². The van der Waals surface area contributed by atoms with Crippen molar-refractivity contribution in [1.29, 1.82) is 0 Å². The molecular formula is C16H17F3N2O6. The van der Waals surface area contributed by atoms with Crippen LogP contribution in [0.2, 0.25) is 0 Å². The highest BCUT2D eigenvalue weighted by Crippen LogP contribution is 2.30. The zero-order chi connectivity index (χ0) is 20.2. The quantitative estimate of drug-likeness (QED) is 0.585. The number of nitrogens with one attached hydrogen (secondary N) is 1. The van der Waals surface area contributed by atoms with Gasteiger partial charge in [0.05, 0.1) is 6.10 Å². The van der Waals surface area contributed by atoms with Crippen LogP contribution in [0.25, 0.3) is 0 Å². The topological polar surface area (TPSA) is 99.6 Å². The van der Waals surface area contributed by atoms with E-state index >= 15 is 0 Å². The molecule has 0 bridgehead atoms. The van der Waals surface area contributed by atoms with Crippen LogP contribution in [0.4, 0.5) is 13.2 Å². The van der Waals surface area contributed by atoms with Gasteiger partial charge in [-0.3, -0.25) is 14.3 Å². The van der Waals surface area contributed by atoms with Gasteiger partial charge < -0.3 is 14.2 Å². The van der Waals surface area contributed by atoms with Crippen LogP contribution in [-0.2, 0) is 19.0 Å². The Kier molecular flexibility index (Phi) is 6.45. The van der Waals surface area contributed by atoms with E-state index < -0.39 is 48.4 Å². The first-order valence-electron chi connectivity index (χ1n) is 7.86. The SMILES string of the molecule is CC#CCO[C@H]1C[C@H](n2cc(C)c(=O)[nH]c2=O)O[C@@H]1COC(=O)C(F)(F)F. The van der Waals surface area contributed by atoms with Gasteiger partial charge in [0.15, 0.2) is 0 Å². The lowest BCUT2D eigenvalue weighted by Crippen LogP contribution is -2.34. The summed E-state index contributed by atoms with van der Waals surface area (Å²) in [5.41, 5.74) is -1.05. The molecule has 0 unspecified atom stereocenters. The van der Waals surface area contributed by atoms with E-state index in [2.05, 4.69) is 21.6 Å². The van der Waals surface area contributed by atoms with Gasteiger partial charge >= 0.3 is 17.8 Å². The molecule has 0 aromatic carbocycles. The standard InChI is InChI=1S/C16H17F3N2O6/c1-3-4-5-25-10-6-12(21-7-9(2)13(22)20-15(21)24)27-11(10)8-26-14(23)16(17,18)19/h7,10-12H,5-6,8H2,1-2H3,(H,20,22,24)/t10-,11+,12+/m0/s1. The number of halogens is 3. The number of ether oxygens (including phenoxy) is 3. The lowest BCUT2D eigenvalue weighted by Gasteiger charge is -2.18. The van der Waals surface area contributed by atoms with Gasteiger partial charge in [0, 0.05) is 18.2 Å². The third-order valence-electron chi connectivity index (χ3n) is 3.79. The average Bonchev–Trinajstić information content (AvgIpc) is 2.98. The highest BCUT2D eigenvalue weighted by molar-refractivity contribution is 5.75. The molecule has 1 aliphatic heterocycles. The molecule has 3 atom stereocenters. The van der Waals surface area contributed by atoms with E-state index in [9.17, 15) is 27.6 Å². The zero-order valence-electron chi connectivity index (χ0n) is 14.5. The van der Waals surface area contributed by atoms with Crippen molar-refractivity contribution in [1.82, 2.24) is 9.55 Å². The second kappa shape index (κ2) is 8.41. The second-order valence-electron chi connectivity index (χ2n) is 5.72. The molecule has 2 heterocycles. The van der Waals surface area contributed by atoms with Crippen molar-refractivity contribution in [2.24, 2.45) is 0 Å². The van der Waals surface area contributed by atoms with E-state index in [1.807, 2.05) is 0 Å². The maximum atomic E-state index is 12.3. The Morgan fingerprint density at radius 1 is 1.44 bits per heavy atom. The van der Waals surface area contributed by atoms with Crippen LogP contribution in [0.1, 0.15) is 25.1 Å². The number of aromatic nitrogens is 2. The maximum Gasteiger partial charge on any atom is 0.490 e. The molecule has 1 saturated heterocycles. The Bertz CT molecular complexity index is 864. The highest BCUT2D eigenvalue weighted by atomic mass is 19.4. The number of aromatic amines is 1. The number of carbonyl (C=O) groups excluding carboxylic acids is 1. The van der Waals surface area contributed by atoms with Gasteiger partial charge in [-0.15, -0.1) is 5.92 Å². The Morgan fingerprint density at radius 2 is 2.15 bits per heavy atom. The first-order valence-corrected chi connectivity index (χ1v) is 7.86. The smallest absolute Gasteiger partial charge is 0.456 e. The monoisotopic (exact) mass is 390 g/mol. The molecule has 0 saturated carbocycles. The minimum Gasteiger partial charge on any atom is -0.456 e. The van der Waals surface area contributed by atoms with Crippen molar-refractivity contribution in [3.8, 4) is 11.8 Å². The summed E-state index contributed by atoms with van der Waals surface area (Å²) in [6.07, 6.45) is -6.49. The summed E-state index contributed by atoms with van der Waals surface area (Å²) in [6.45, 7) is 2.34. The van der Waals surface area contributed by atoms with Crippen LogP contribution in [0.5, 0.6) is 0 Å². The molecule has 8 nitrogen and oxygen atoms in total. The van der Waals surface area contributed by atoms with Crippen LogP contribution in [0.3, 0.4) is 0 Å². The van der Waals surface area contributed by atoms with Crippen LogP contribution >= 0.6 is 0 Å². The van der Waals surface area contributed by atoms with Crippen LogP contribution in [0.15, 0.2) is 15.8 Å². The Hall–Kier alpha value is -2.58. The summed E-state index contributed by atoms with van der Waals surface area (Å²) in [5, 5.41) is 0. The molecule has 11 heteroatoms. The lowest BCUT2D eigenvalue weighted by molar-refractivity contribution is -0.204. The number of rotatable bonds is 5. The molecule has 1 aliphatic rings. The van der Waals surface area contributed by atoms with Crippen molar-refractivity contribution >= 4 is 5.97 Å². The number of hydrogen-bond donors (Lipinski definition) is 1. The zero-order valence-corrected chi connectivity index (χ0v) is 14.5. The largest absolute Gasteiger partial charge is 0.490 e. The van der Waals surface area contributed by atoms with Gasteiger partial charge in [-0.2, -0.15) is 13.2 Å². The van der Waals surface area contributed by atoms with Gasteiger partial charge in [-0.1, -0.05) is 5.92 Å². The van der Waals surface area contributed by atoms with Gasteiger partial charge in [-0.25, -0.2) is 9.59 Å². The fourth-order valence-corrected chi connectivity index (χ4v) is 2.46. The molecule has 148 valence electrons. The predicted octanol–water partition coefficient (Wildman–Crippen LogP) is 0.647. The normalized spacial score (nSPS) is 22.2. The Labute approximate surface area is 151 Å². The summed E-state index contributed by atoms with van der Waals surface area (Å²) in [5.74, 6) is 2.88. The third kappa shape index (κ3) is 5.21. The van der Waals surface area contributed by atoms with Crippen molar-refractivity contribution in [2.45, 2.75) is 44.9 Å². The number of alkyl halides is 3. The van der Waals surface area contributed by atoms with Gasteiger partial charge in [-0.05, 0) is 13.8 Å². The number of H-pyrrole nitrogens is 1. The molecule has 1 aromatic heterocycles. The van der Waals surface area contributed by atoms with Crippen LogP contribution in [0, 0.1) is 18.8 Å². The van der Waals surface area contributed by atoms with Gasteiger partial charge in [0.2, 0.25) is 0 Å². The molecule has 0 radical (unpaired) electrons. The summed E-state index contributed by atoms with van der Waals surface area (Å²) in [6, 6.07) is 0. The Balaban J connectivity index is 2.17. The molecule has 1 fully saturated rings. The van der Waals surface area contributed by atoms with E-state index in [0.29, 0.717) is 0 Å². The van der Waals surface area contributed by atoms with Crippen molar-refractivity contribution in [3.63, 3.8) is 0 Å². The van der Waals surface area contributed by atoms with E-state index in [4.69, 9.17) is 9.47 Å². The Morgan fingerprint density at radius 3 is 2.78 bits per heavy atom. The number of nitrogens with zero attached hydrogens (tertiary/aromatic N) is 1. The molecule has 27 heavy (non-hydrogen) atoms. The van der Waals surface area contributed by atoms with E-state index in [1.165, 1.54) is 13.1 Å². The second-order valence-corrected chi connectivity index (χ2v) is 5.72. The predicted molar refractivity (Wildman–Crippen MR) is 84.8 cm³/mol. The van der Waals surface area contributed by atoms with Crippen LogP contribution in [-0.4, -0.2) is 47.1 Å². The molecule has 1 N–H and O–H groups in total. The van der Waals surface area contributed by atoms with E-state index in [1.54, 1.807) is 6.92 Å². The highest BCUT2D eigenvalue weighted by Gasteiger charge is 2.43. The van der Waals surface area contributed by atoms with E-state index in [0.717, 1.165) is 4.57 Å². The molecule has 0 spiro atoms. The van der Waals surface area contributed by atoms with Gasteiger partial charge in [0.1, 0.15) is 25.5 Å². The summed E-state index contributed by atoms with van der Waals surface area (Å²) in [7, 11) is 0. The maximum absolute atomic E-state index is 12.3. The first-order chi connectivity index (χ1) is 12.6. The van der Waals surface area contributed by atoms with Gasteiger partial charge in [0.25, 0.3) is 5.56 Å². The average molecular weight is 390 g/mol. The first kappa shape index (κ1) is 20.7. The number of carbonyl (C=O) groups is 1. The van der Waals surface area contributed by atoms with E-state index in [-0.39, 0.29) is 18.6 Å². The fourth-order valence-electron chi connectivity index (χ4n) is 2.46. The minimum absolute atomic E-state index is 0.0134. The molecule has 0 amide bonds. The lowest BCUT2D eigenvalue weighted by atomic mass is 10.2. The molecule has 0 aliphatic carbocycles. The summed E-state index contributed by atoms with van der Waals surface area (Å²) >= 11 is 0. The van der Waals surface area contributed by atoms with Crippen molar-refractivity contribution in [3.05, 3.63) is 32.6 Å². The molecule has 2 rings (SSSR count). The third-order valence-corrected chi connectivity index (χ3v) is 3.79. The van der Waals surface area contributed by atoms with Crippen molar-refractivity contribution in [2.75, 3.05) is 13.2 Å². The number of aryl methyl sites for hydroxylation is 1. The molecule has 1 aromatic rings.